The highest BCUT2D eigenvalue weighted by molar-refractivity contribution is 5.29. The lowest BCUT2D eigenvalue weighted by Gasteiger charge is -2.14. The van der Waals surface area contributed by atoms with Gasteiger partial charge in [-0.2, -0.15) is 0 Å². The number of aliphatic hydroxyl groups excluding tert-OH is 1. The van der Waals surface area contributed by atoms with Crippen molar-refractivity contribution in [2.45, 2.75) is 32.3 Å². The number of hydrogen-bond donors (Lipinski definition) is 1. The molecule has 1 nitrogen and oxygen atoms in total. The van der Waals surface area contributed by atoms with Gasteiger partial charge in [0.2, 0.25) is 0 Å². The van der Waals surface area contributed by atoms with Crippen LogP contribution >= 0.6 is 0 Å². The summed E-state index contributed by atoms with van der Waals surface area (Å²) in [7, 11) is 0. The van der Waals surface area contributed by atoms with Crippen molar-refractivity contribution >= 4 is 0 Å². The highest BCUT2D eigenvalue weighted by Crippen LogP contribution is 2.60. The molecule has 0 aromatic heterocycles. The number of benzene rings is 1. The fourth-order valence-corrected chi connectivity index (χ4v) is 2.03. The number of rotatable bonds is 2. The summed E-state index contributed by atoms with van der Waals surface area (Å²) in [5.41, 5.74) is 1.49. The number of aliphatic hydroxyl groups is 1. The predicted molar refractivity (Wildman–Crippen MR) is 53.6 cm³/mol. The summed E-state index contributed by atoms with van der Waals surface area (Å²) in [6, 6.07) is 10.5. The molecule has 1 aromatic rings. The summed E-state index contributed by atoms with van der Waals surface area (Å²) in [4.78, 5) is 0. The lowest BCUT2D eigenvalue weighted by Crippen LogP contribution is -2.15. The highest BCUT2D eigenvalue weighted by atomic mass is 16.3. The van der Waals surface area contributed by atoms with Gasteiger partial charge in [0.25, 0.3) is 0 Å². The Labute approximate surface area is 79.4 Å². The van der Waals surface area contributed by atoms with E-state index in [0.717, 1.165) is 6.42 Å². The van der Waals surface area contributed by atoms with Gasteiger partial charge in [0.1, 0.15) is 0 Å². The zero-order chi connectivity index (χ0) is 9.47. The van der Waals surface area contributed by atoms with Crippen molar-refractivity contribution in [3.8, 4) is 0 Å². The third-order valence-electron chi connectivity index (χ3n) is 3.44. The van der Waals surface area contributed by atoms with E-state index in [-0.39, 0.29) is 11.5 Å². The third kappa shape index (κ3) is 1.37. The topological polar surface area (TPSA) is 20.2 Å². The molecule has 1 aliphatic rings. The second kappa shape index (κ2) is 2.85. The first kappa shape index (κ1) is 8.76. The Morgan fingerprint density at radius 3 is 2.46 bits per heavy atom. The molecule has 1 saturated carbocycles. The van der Waals surface area contributed by atoms with Gasteiger partial charge in [0.05, 0.1) is 6.10 Å². The summed E-state index contributed by atoms with van der Waals surface area (Å²) < 4.78 is 0. The molecule has 1 aliphatic carbocycles. The molecule has 0 radical (unpaired) electrons. The first-order valence-corrected chi connectivity index (χ1v) is 4.87. The second-order valence-corrected chi connectivity index (χ2v) is 4.35. The van der Waals surface area contributed by atoms with Gasteiger partial charge in [-0.1, -0.05) is 37.3 Å². The fraction of sp³-hybridized carbons (Fsp3) is 0.500. The van der Waals surface area contributed by atoms with Crippen molar-refractivity contribution in [2.75, 3.05) is 0 Å². The quantitative estimate of drug-likeness (QED) is 0.734. The molecule has 1 heteroatoms. The van der Waals surface area contributed by atoms with Crippen molar-refractivity contribution in [1.82, 2.24) is 0 Å². The van der Waals surface area contributed by atoms with Crippen LogP contribution in [0.2, 0.25) is 0 Å². The van der Waals surface area contributed by atoms with Crippen LogP contribution in [0.5, 0.6) is 0 Å². The molecule has 0 heterocycles. The Balaban J connectivity index is 2.16. The summed E-state index contributed by atoms with van der Waals surface area (Å²) in [5.74, 6) is 0.564. The normalized spacial score (nSPS) is 34.2. The van der Waals surface area contributed by atoms with Gasteiger partial charge >= 0.3 is 0 Å². The van der Waals surface area contributed by atoms with Crippen LogP contribution in [0.1, 0.15) is 31.7 Å². The largest absolute Gasteiger partial charge is 0.393 e. The van der Waals surface area contributed by atoms with Crippen LogP contribution in [0.15, 0.2) is 30.3 Å². The molecule has 1 fully saturated rings. The van der Waals surface area contributed by atoms with E-state index in [2.05, 4.69) is 31.2 Å². The van der Waals surface area contributed by atoms with Crippen molar-refractivity contribution in [1.29, 1.82) is 0 Å². The van der Waals surface area contributed by atoms with E-state index < -0.39 is 0 Å². The van der Waals surface area contributed by atoms with E-state index in [9.17, 15) is 5.11 Å². The van der Waals surface area contributed by atoms with E-state index in [0.29, 0.717) is 5.92 Å². The summed E-state index contributed by atoms with van der Waals surface area (Å²) in [6.45, 7) is 4.05. The van der Waals surface area contributed by atoms with Crippen LogP contribution in [0, 0.1) is 5.41 Å². The highest BCUT2D eigenvalue weighted by Gasteiger charge is 2.53. The van der Waals surface area contributed by atoms with Gasteiger partial charge in [0, 0.05) is 5.41 Å². The fourth-order valence-electron chi connectivity index (χ4n) is 2.03. The Morgan fingerprint density at radius 1 is 1.38 bits per heavy atom. The standard InChI is InChI=1S/C12H16O/c1-9(13)12(2)8-11(12)10-6-4-3-5-7-10/h3-7,9,11,13H,8H2,1-2H3/t9-,11-,12+/m1/s1. The minimum absolute atomic E-state index is 0.126. The summed E-state index contributed by atoms with van der Waals surface area (Å²) in [5, 5.41) is 9.58. The van der Waals surface area contributed by atoms with Gasteiger partial charge < -0.3 is 5.11 Å². The number of hydrogen-bond acceptors (Lipinski definition) is 1. The molecule has 0 aliphatic heterocycles. The lowest BCUT2D eigenvalue weighted by atomic mass is 9.96. The average Bonchev–Trinajstić information content (AvgIpc) is 2.81. The molecule has 0 unspecified atom stereocenters. The summed E-state index contributed by atoms with van der Waals surface area (Å²) in [6.07, 6.45) is 0.923. The first-order valence-electron chi connectivity index (χ1n) is 4.87. The Morgan fingerprint density at radius 2 is 2.00 bits per heavy atom. The molecule has 2 rings (SSSR count). The molecule has 3 atom stereocenters. The SMILES string of the molecule is C[C@@H](O)[C@]1(C)C[C@@H]1c1ccccc1. The predicted octanol–water partition coefficient (Wildman–Crippen LogP) is 2.56. The van der Waals surface area contributed by atoms with E-state index in [1.54, 1.807) is 0 Å². The minimum Gasteiger partial charge on any atom is -0.393 e. The van der Waals surface area contributed by atoms with Crippen LogP contribution in [0.3, 0.4) is 0 Å². The van der Waals surface area contributed by atoms with Crippen molar-refractivity contribution < 1.29 is 5.11 Å². The Hall–Kier alpha value is -0.820. The van der Waals surface area contributed by atoms with Gasteiger partial charge in [-0.15, -0.1) is 0 Å². The van der Waals surface area contributed by atoms with Gasteiger partial charge in [-0.05, 0) is 24.8 Å². The molecule has 0 bridgehead atoms. The average molecular weight is 176 g/mol. The van der Waals surface area contributed by atoms with Crippen molar-refractivity contribution in [3.63, 3.8) is 0 Å². The van der Waals surface area contributed by atoms with Crippen LogP contribution < -0.4 is 0 Å². The Bertz CT molecular complexity index is 291. The van der Waals surface area contributed by atoms with E-state index in [4.69, 9.17) is 0 Å². The second-order valence-electron chi connectivity index (χ2n) is 4.35. The zero-order valence-corrected chi connectivity index (χ0v) is 8.20. The maximum Gasteiger partial charge on any atom is 0.0571 e. The molecule has 13 heavy (non-hydrogen) atoms. The van der Waals surface area contributed by atoms with Gasteiger partial charge in [0.15, 0.2) is 0 Å². The van der Waals surface area contributed by atoms with E-state index in [1.165, 1.54) is 5.56 Å². The van der Waals surface area contributed by atoms with Gasteiger partial charge in [-0.3, -0.25) is 0 Å². The molecule has 1 N–H and O–H groups in total. The molecule has 1 aromatic carbocycles. The van der Waals surface area contributed by atoms with Gasteiger partial charge in [-0.25, -0.2) is 0 Å². The third-order valence-corrected chi connectivity index (χ3v) is 3.44. The molecular weight excluding hydrogens is 160 g/mol. The smallest absolute Gasteiger partial charge is 0.0571 e. The maximum atomic E-state index is 9.58. The molecule has 0 amide bonds. The monoisotopic (exact) mass is 176 g/mol. The Kier molecular flexibility index (Phi) is 1.92. The van der Waals surface area contributed by atoms with Crippen LogP contribution in [0.25, 0.3) is 0 Å². The van der Waals surface area contributed by atoms with E-state index in [1.807, 2.05) is 13.0 Å². The molecule has 70 valence electrons. The van der Waals surface area contributed by atoms with E-state index >= 15 is 0 Å². The first-order chi connectivity index (χ1) is 6.14. The molecule has 0 spiro atoms. The maximum absolute atomic E-state index is 9.58. The molecule has 0 saturated heterocycles. The van der Waals surface area contributed by atoms with Crippen molar-refractivity contribution in [2.24, 2.45) is 5.41 Å². The van der Waals surface area contributed by atoms with Crippen LogP contribution in [-0.2, 0) is 0 Å². The van der Waals surface area contributed by atoms with Crippen LogP contribution in [0.4, 0.5) is 0 Å². The molecular formula is C12H16O. The van der Waals surface area contributed by atoms with Crippen molar-refractivity contribution in [3.05, 3.63) is 35.9 Å². The zero-order valence-electron chi connectivity index (χ0n) is 8.20. The van der Waals surface area contributed by atoms with Crippen LogP contribution in [-0.4, -0.2) is 11.2 Å². The lowest BCUT2D eigenvalue weighted by molar-refractivity contribution is 0.117. The summed E-state index contributed by atoms with van der Waals surface area (Å²) >= 11 is 0. The minimum atomic E-state index is -0.197.